The molecular weight excluding hydrogens is 460 g/mol. The quantitative estimate of drug-likeness (QED) is 0.640. The number of hydrogen-bond acceptors (Lipinski definition) is 6. The first kappa shape index (κ1) is 23.9. The van der Waals surface area contributed by atoms with Gasteiger partial charge in [-0.15, -0.1) is 11.3 Å². The predicted molar refractivity (Wildman–Crippen MR) is 128 cm³/mol. The first-order chi connectivity index (χ1) is 15.7. The van der Waals surface area contributed by atoms with Crippen molar-refractivity contribution in [2.45, 2.75) is 50.8 Å². The minimum atomic E-state index is -3.57. The Labute approximate surface area is 199 Å². The van der Waals surface area contributed by atoms with E-state index in [1.165, 1.54) is 22.8 Å². The van der Waals surface area contributed by atoms with E-state index in [1.807, 2.05) is 6.92 Å². The minimum Gasteiger partial charge on any atom is -0.465 e. The highest BCUT2D eigenvalue weighted by molar-refractivity contribution is 7.89. The van der Waals surface area contributed by atoms with Crippen LogP contribution in [-0.2, 0) is 32.4 Å². The summed E-state index contributed by atoms with van der Waals surface area (Å²) in [6.45, 7) is 4.68. The van der Waals surface area contributed by atoms with Crippen molar-refractivity contribution in [1.82, 2.24) is 4.31 Å². The Kier molecular flexibility index (Phi) is 6.93. The minimum absolute atomic E-state index is 0.167. The molecule has 1 atom stereocenters. The molecule has 7 nitrogen and oxygen atoms in total. The van der Waals surface area contributed by atoms with Crippen molar-refractivity contribution >= 4 is 38.2 Å². The maximum Gasteiger partial charge on any atom is 0.341 e. The Morgan fingerprint density at radius 1 is 1.12 bits per heavy atom. The number of thiophene rings is 1. The van der Waals surface area contributed by atoms with Crippen molar-refractivity contribution in [3.63, 3.8) is 0 Å². The second kappa shape index (κ2) is 9.56. The lowest BCUT2D eigenvalue weighted by molar-refractivity contribution is -0.120. The largest absolute Gasteiger partial charge is 0.465 e. The molecule has 0 bridgehead atoms. The number of methoxy groups -OCH3 is 1. The van der Waals surface area contributed by atoms with Gasteiger partial charge in [-0.05, 0) is 62.6 Å². The third-order valence-electron chi connectivity index (χ3n) is 6.62. The van der Waals surface area contributed by atoms with E-state index in [4.69, 9.17) is 4.74 Å². The number of hydrogen-bond donors (Lipinski definition) is 1. The Morgan fingerprint density at radius 2 is 1.79 bits per heavy atom. The first-order valence-electron chi connectivity index (χ1n) is 11.3. The zero-order chi connectivity index (χ0) is 23.8. The zero-order valence-corrected chi connectivity index (χ0v) is 20.9. The topological polar surface area (TPSA) is 92.8 Å². The normalized spacial score (nSPS) is 19.7. The van der Waals surface area contributed by atoms with Crippen LogP contribution in [0.4, 0.5) is 5.00 Å². The highest BCUT2D eigenvalue weighted by Crippen LogP contribution is 2.40. The second-order valence-electron chi connectivity index (χ2n) is 9.03. The van der Waals surface area contributed by atoms with Gasteiger partial charge in [0.25, 0.3) is 0 Å². The van der Waals surface area contributed by atoms with Crippen LogP contribution in [0.2, 0.25) is 0 Å². The summed E-state index contributed by atoms with van der Waals surface area (Å²) in [7, 11) is -2.22. The summed E-state index contributed by atoms with van der Waals surface area (Å²) in [5, 5.41) is 3.53. The van der Waals surface area contributed by atoms with Crippen LogP contribution in [0.1, 0.15) is 52.5 Å². The molecular formula is C24H30N2O5S2. The number of carbonyl (C=O) groups is 2. The number of nitrogens with one attached hydrogen (secondary N) is 1. The molecule has 9 heteroatoms. The molecule has 1 aromatic carbocycles. The molecule has 2 aliphatic rings. The molecule has 0 spiro atoms. The molecule has 0 saturated carbocycles. The second-order valence-corrected chi connectivity index (χ2v) is 12.1. The van der Waals surface area contributed by atoms with Crippen LogP contribution >= 0.6 is 11.3 Å². The smallest absolute Gasteiger partial charge is 0.341 e. The van der Waals surface area contributed by atoms with Crippen LogP contribution < -0.4 is 5.32 Å². The number of fused-ring (bicyclic) bond motifs is 1. The summed E-state index contributed by atoms with van der Waals surface area (Å²) in [4.78, 5) is 26.9. The highest BCUT2D eigenvalue weighted by Gasteiger charge is 2.34. The average molecular weight is 491 g/mol. The lowest BCUT2D eigenvalue weighted by Gasteiger charge is -2.30. The van der Waals surface area contributed by atoms with Crippen LogP contribution in [-0.4, -0.2) is 44.8 Å². The van der Waals surface area contributed by atoms with E-state index in [-0.39, 0.29) is 29.8 Å². The zero-order valence-electron chi connectivity index (χ0n) is 19.2. The Hall–Kier alpha value is -2.23. The summed E-state index contributed by atoms with van der Waals surface area (Å²) in [6, 6.07) is 6.81. The van der Waals surface area contributed by atoms with Crippen molar-refractivity contribution in [3.8, 4) is 0 Å². The highest BCUT2D eigenvalue weighted by atomic mass is 32.2. The van der Waals surface area contributed by atoms with Gasteiger partial charge in [-0.1, -0.05) is 24.6 Å². The van der Waals surface area contributed by atoms with Crippen LogP contribution in [0, 0.1) is 18.8 Å². The molecule has 1 N–H and O–H groups in total. The van der Waals surface area contributed by atoms with E-state index in [1.54, 1.807) is 24.3 Å². The molecule has 1 saturated heterocycles. The summed E-state index contributed by atoms with van der Waals surface area (Å²) in [5.41, 5.74) is 2.48. The molecule has 1 aliphatic carbocycles. The standard InChI is InChI=1S/C24H30N2O5S2/c1-15-4-7-18(8-5-15)33(29,30)26-12-10-17(11-13-26)22(27)25-23-21(24(28)31-3)19-9-6-16(2)14-20(19)32-23/h4-5,7-8,16-17H,6,9-14H2,1-3H3,(H,25,27). The third-order valence-corrected chi connectivity index (χ3v) is 9.70. The third kappa shape index (κ3) is 4.85. The summed E-state index contributed by atoms with van der Waals surface area (Å²) >= 11 is 1.47. The van der Waals surface area contributed by atoms with Gasteiger partial charge in [0.15, 0.2) is 0 Å². The number of carbonyl (C=O) groups excluding carboxylic acids is 2. The first-order valence-corrected chi connectivity index (χ1v) is 13.6. The van der Waals surface area contributed by atoms with E-state index >= 15 is 0 Å². The molecule has 1 unspecified atom stereocenters. The number of piperidine rings is 1. The lowest BCUT2D eigenvalue weighted by atomic mass is 9.88. The van der Waals surface area contributed by atoms with E-state index in [0.29, 0.717) is 29.3 Å². The molecule has 178 valence electrons. The van der Waals surface area contributed by atoms with E-state index in [0.717, 1.165) is 35.3 Å². The van der Waals surface area contributed by atoms with Gasteiger partial charge in [-0.25, -0.2) is 13.2 Å². The SMILES string of the molecule is COC(=O)c1c(NC(=O)C2CCN(S(=O)(=O)c3ccc(C)cc3)CC2)sc2c1CCC(C)C2. The van der Waals surface area contributed by atoms with Crippen LogP contribution in [0.5, 0.6) is 0 Å². The Bertz CT molecular complexity index is 1150. The van der Waals surface area contributed by atoms with Gasteiger partial charge in [0, 0.05) is 23.9 Å². The molecule has 1 fully saturated rings. The molecule has 1 aromatic heterocycles. The number of sulfonamides is 1. The number of ether oxygens (including phenoxy) is 1. The molecule has 33 heavy (non-hydrogen) atoms. The molecule has 2 heterocycles. The van der Waals surface area contributed by atoms with E-state index < -0.39 is 16.0 Å². The maximum absolute atomic E-state index is 13.0. The Morgan fingerprint density at radius 3 is 2.42 bits per heavy atom. The molecule has 4 rings (SSSR count). The number of aryl methyl sites for hydroxylation is 1. The number of benzene rings is 1. The van der Waals surface area contributed by atoms with Crippen molar-refractivity contribution in [2.24, 2.45) is 11.8 Å². The average Bonchev–Trinajstić information content (AvgIpc) is 3.15. The summed E-state index contributed by atoms with van der Waals surface area (Å²) in [5.74, 6) is -0.349. The maximum atomic E-state index is 13.0. The van der Waals surface area contributed by atoms with Crippen LogP contribution in [0.25, 0.3) is 0 Å². The number of anilines is 1. The van der Waals surface area contributed by atoms with Crippen LogP contribution in [0.3, 0.4) is 0 Å². The van der Waals surface area contributed by atoms with E-state index in [9.17, 15) is 18.0 Å². The van der Waals surface area contributed by atoms with Gasteiger partial charge in [-0.2, -0.15) is 4.31 Å². The van der Waals surface area contributed by atoms with Gasteiger partial charge < -0.3 is 10.1 Å². The molecule has 0 radical (unpaired) electrons. The van der Waals surface area contributed by atoms with Crippen molar-refractivity contribution in [1.29, 1.82) is 0 Å². The predicted octanol–water partition coefficient (Wildman–Crippen LogP) is 4.01. The summed E-state index contributed by atoms with van der Waals surface area (Å²) < 4.78 is 32.3. The van der Waals surface area contributed by atoms with Gasteiger partial charge in [0.2, 0.25) is 15.9 Å². The molecule has 1 aliphatic heterocycles. The fourth-order valence-corrected chi connectivity index (χ4v) is 7.46. The summed E-state index contributed by atoms with van der Waals surface area (Å²) in [6.07, 6.45) is 3.59. The van der Waals surface area contributed by atoms with Gasteiger partial charge in [0.1, 0.15) is 5.00 Å². The number of esters is 1. The fraction of sp³-hybridized carbons (Fsp3) is 0.500. The lowest BCUT2D eigenvalue weighted by Crippen LogP contribution is -2.41. The van der Waals surface area contributed by atoms with Crippen molar-refractivity contribution < 1.29 is 22.7 Å². The van der Waals surface area contributed by atoms with Crippen molar-refractivity contribution in [3.05, 3.63) is 45.8 Å². The van der Waals surface area contributed by atoms with Gasteiger partial charge in [0.05, 0.1) is 17.6 Å². The molecule has 1 amide bonds. The monoisotopic (exact) mass is 490 g/mol. The van der Waals surface area contributed by atoms with Crippen molar-refractivity contribution in [2.75, 3.05) is 25.5 Å². The van der Waals surface area contributed by atoms with Gasteiger partial charge in [-0.3, -0.25) is 4.79 Å². The Balaban J connectivity index is 1.45. The van der Waals surface area contributed by atoms with Crippen LogP contribution in [0.15, 0.2) is 29.2 Å². The number of nitrogens with zero attached hydrogens (tertiary/aromatic N) is 1. The number of rotatable bonds is 5. The van der Waals surface area contributed by atoms with Gasteiger partial charge >= 0.3 is 5.97 Å². The fourth-order valence-electron chi connectivity index (χ4n) is 4.59. The number of amides is 1. The molecule has 2 aromatic rings. The van der Waals surface area contributed by atoms with E-state index in [2.05, 4.69) is 12.2 Å².